The molecule has 2 aromatic rings. The van der Waals surface area contributed by atoms with Crippen molar-refractivity contribution in [3.05, 3.63) is 60.2 Å². The summed E-state index contributed by atoms with van der Waals surface area (Å²) in [4.78, 5) is 21.2. The van der Waals surface area contributed by atoms with E-state index >= 15 is 0 Å². The van der Waals surface area contributed by atoms with Gasteiger partial charge < -0.3 is 14.4 Å². The molecule has 1 amide bonds. The van der Waals surface area contributed by atoms with E-state index in [-0.39, 0.29) is 11.7 Å². The number of carbonyl (C=O) groups excluding carboxylic acids is 1. The van der Waals surface area contributed by atoms with E-state index < -0.39 is 0 Å². The molecule has 0 aliphatic carbocycles. The highest BCUT2D eigenvalue weighted by molar-refractivity contribution is 5.76. The fourth-order valence-electron chi connectivity index (χ4n) is 3.44. The van der Waals surface area contributed by atoms with E-state index in [1.807, 2.05) is 17.0 Å². The van der Waals surface area contributed by atoms with Crippen LogP contribution in [0.4, 0.5) is 4.39 Å². The van der Waals surface area contributed by atoms with Gasteiger partial charge in [-0.25, -0.2) is 4.39 Å². The summed E-state index contributed by atoms with van der Waals surface area (Å²) in [5.74, 6) is 0.269. The van der Waals surface area contributed by atoms with Gasteiger partial charge in [0.25, 0.3) is 0 Å². The minimum Gasteiger partial charge on any atom is -0.493 e. The summed E-state index contributed by atoms with van der Waals surface area (Å²) in [6, 6.07) is 9.94. The maximum Gasteiger partial charge on any atom is 0.222 e. The largest absolute Gasteiger partial charge is 0.493 e. The van der Waals surface area contributed by atoms with Gasteiger partial charge in [0.05, 0.1) is 19.8 Å². The number of benzene rings is 1. The van der Waals surface area contributed by atoms with Gasteiger partial charge in [-0.15, -0.1) is 0 Å². The molecule has 0 radical (unpaired) electrons. The van der Waals surface area contributed by atoms with Gasteiger partial charge in [0, 0.05) is 57.6 Å². The standard InChI is InChI=1S/C23H30FN3O3/c24-21-4-1-5-22(18-21)30-15-2-6-23(28)27(19-20-7-9-25-10-8-20)12-3-11-26-13-16-29-17-14-26/h1,4-5,7-10,18H,2-3,6,11-17,19H2. The Bertz CT molecular complexity index is 769. The third-order valence-electron chi connectivity index (χ3n) is 5.08. The number of carbonyl (C=O) groups is 1. The van der Waals surface area contributed by atoms with E-state index in [2.05, 4.69) is 9.88 Å². The first kappa shape index (κ1) is 22.2. The SMILES string of the molecule is O=C(CCCOc1cccc(F)c1)N(CCCN1CCOCC1)Cc1ccncc1. The molecule has 0 atom stereocenters. The summed E-state index contributed by atoms with van der Waals surface area (Å²) in [5, 5.41) is 0. The van der Waals surface area contributed by atoms with Crippen LogP contribution in [0.25, 0.3) is 0 Å². The molecule has 30 heavy (non-hydrogen) atoms. The van der Waals surface area contributed by atoms with Crippen molar-refractivity contribution in [2.45, 2.75) is 25.8 Å². The molecule has 2 heterocycles. The lowest BCUT2D eigenvalue weighted by Crippen LogP contribution is -2.39. The van der Waals surface area contributed by atoms with E-state index in [4.69, 9.17) is 9.47 Å². The normalized spacial score (nSPS) is 14.4. The lowest BCUT2D eigenvalue weighted by atomic mass is 10.2. The lowest BCUT2D eigenvalue weighted by Gasteiger charge is -2.28. The van der Waals surface area contributed by atoms with Crippen LogP contribution in [0.2, 0.25) is 0 Å². The highest BCUT2D eigenvalue weighted by Gasteiger charge is 2.16. The number of pyridine rings is 1. The number of morpholine rings is 1. The van der Waals surface area contributed by atoms with Gasteiger partial charge in [-0.05, 0) is 42.7 Å². The monoisotopic (exact) mass is 415 g/mol. The Labute approximate surface area is 177 Å². The average molecular weight is 416 g/mol. The third kappa shape index (κ3) is 7.72. The van der Waals surface area contributed by atoms with Crippen molar-refractivity contribution >= 4 is 5.91 Å². The molecule has 0 bridgehead atoms. The molecule has 1 aliphatic heterocycles. The molecule has 1 aromatic carbocycles. The first-order chi connectivity index (χ1) is 14.7. The number of rotatable bonds is 11. The summed E-state index contributed by atoms with van der Waals surface area (Å²) in [7, 11) is 0. The minimum absolute atomic E-state index is 0.108. The Kier molecular flexibility index (Phi) is 9.05. The zero-order chi connectivity index (χ0) is 21.0. The second-order valence-electron chi connectivity index (χ2n) is 7.39. The Morgan fingerprint density at radius 1 is 1.17 bits per heavy atom. The third-order valence-corrected chi connectivity index (χ3v) is 5.08. The van der Waals surface area contributed by atoms with Crippen LogP contribution in [-0.2, 0) is 16.1 Å². The van der Waals surface area contributed by atoms with Crippen molar-refractivity contribution in [3.8, 4) is 5.75 Å². The smallest absolute Gasteiger partial charge is 0.222 e. The van der Waals surface area contributed by atoms with Crippen molar-refractivity contribution in [1.82, 2.24) is 14.8 Å². The number of ether oxygens (including phenoxy) is 2. The fraction of sp³-hybridized carbons (Fsp3) is 0.478. The van der Waals surface area contributed by atoms with Crippen LogP contribution >= 0.6 is 0 Å². The highest BCUT2D eigenvalue weighted by Crippen LogP contribution is 2.13. The Hall–Kier alpha value is -2.51. The molecule has 0 spiro atoms. The molecule has 162 valence electrons. The fourth-order valence-corrected chi connectivity index (χ4v) is 3.44. The highest BCUT2D eigenvalue weighted by atomic mass is 19.1. The maximum atomic E-state index is 13.2. The van der Waals surface area contributed by atoms with Crippen LogP contribution in [0, 0.1) is 5.82 Å². The first-order valence-electron chi connectivity index (χ1n) is 10.6. The van der Waals surface area contributed by atoms with Gasteiger partial charge in [0.2, 0.25) is 5.91 Å². The van der Waals surface area contributed by atoms with Crippen molar-refractivity contribution in [1.29, 1.82) is 0 Å². The number of halogens is 1. The van der Waals surface area contributed by atoms with E-state index in [9.17, 15) is 9.18 Å². The van der Waals surface area contributed by atoms with Crippen LogP contribution < -0.4 is 4.74 Å². The molecule has 1 saturated heterocycles. The van der Waals surface area contributed by atoms with Gasteiger partial charge in [0.15, 0.2) is 0 Å². The van der Waals surface area contributed by atoms with E-state index in [1.165, 1.54) is 12.1 Å². The summed E-state index contributed by atoms with van der Waals surface area (Å²) in [6.07, 6.45) is 5.41. The molecular formula is C23H30FN3O3. The Morgan fingerprint density at radius 2 is 1.97 bits per heavy atom. The molecule has 1 aromatic heterocycles. The van der Waals surface area contributed by atoms with Crippen LogP contribution in [0.3, 0.4) is 0 Å². The summed E-state index contributed by atoms with van der Waals surface area (Å²) < 4.78 is 24.2. The van der Waals surface area contributed by atoms with Crippen LogP contribution in [-0.4, -0.2) is 66.7 Å². The van der Waals surface area contributed by atoms with E-state index in [1.54, 1.807) is 24.5 Å². The van der Waals surface area contributed by atoms with Crippen molar-refractivity contribution in [2.75, 3.05) is 46.0 Å². The van der Waals surface area contributed by atoms with E-state index in [0.29, 0.717) is 38.3 Å². The summed E-state index contributed by atoms with van der Waals surface area (Å²) >= 11 is 0. The molecule has 3 rings (SSSR count). The molecule has 0 N–H and O–H groups in total. The molecule has 1 aliphatic rings. The van der Waals surface area contributed by atoms with Gasteiger partial charge in [-0.2, -0.15) is 0 Å². The van der Waals surface area contributed by atoms with Crippen molar-refractivity contribution < 1.29 is 18.7 Å². The van der Waals surface area contributed by atoms with Crippen LogP contribution in [0.5, 0.6) is 5.75 Å². The molecular weight excluding hydrogens is 385 g/mol. The number of hydrogen-bond acceptors (Lipinski definition) is 5. The average Bonchev–Trinajstić information content (AvgIpc) is 2.77. The second kappa shape index (κ2) is 12.2. The maximum absolute atomic E-state index is 13.2. The van der Waals surface area contributed by atoms with Gasteiger partial charge in [-0.3, -0.25) is 14.7 Å². The quantitative estimate of drug-likeness (QED) is 0.528. The number of amides is 1. The van der Waals surface area contributed by atoms with Crippen LogP contribution in [0.15, 0.2) is 48.8 Å². The predicted molar refractivity (Wildman–Crippen MR) is 113 cm³/mol. The molecule has 0 saturated carbocycles. The number of aromatic nitrogens is 1. The zero-order valence-corrected chi connectivity index (χ0v) is 17.3. The molecule has 0 unspecified atom stereocenters. The van der Waals surface area contributed by atoms with Crippen LogP contribution in [0.1, 0.15) is 24.8 Å². The zero-order valence-electron chi connectivity index (χ0n) is 17.3. The van der Waals surface area contributed by atoms with Gasteiger partial charge >= 0.3 is 0 Å². The van der Waals surface area contributed by atoms with Crippen molar-refractivity contribution in [2.24, 2.45) is 0 Å². The Balaban J connectivity index is 1.46. The lowest BCUT2D eigenvalue weighted by molar-refractivity contribution is -0.132. The number of nitrogens with zero attached hydrogens (tertiary/aromatic N) is 3. The minimum atomic E-state index is -0.327. The summed E-state index contributed by atoms with van der Waals surface area (Å²) in [5.41, 5.74) is 1.07. The first-order valence-corrected chi connectivity index (χ1v) is 10.6. The predicted octanol–water partition coefficient (Wildman–Crippen LogP) is 3.13. The molecule has 6 nitrogen and oxygen atoms in total. The topological polar surface area (TPSA) is 54.9 Å². The van der Waals surface area contributed by atoms with Gasteiger partial charge in [0.1, 0.15) is 11.6 Å². The van der Waals surface area contributed by atoms with Gasteiger partial charge in [-0.1, -0.05) is 6.07 Å². The second-order valence-corrected chi connectivity index (χ2v) is 7.39. The molecule has 1 fully saturated rings. The Morgan fingerprint density at radius 3 is 2.73 bits per heavy atom. The van der Waals surface area contributed by atoms with E-state index in [0.717, 1.165) is 44.8 Å². The van der Waals surface area contributed by atoms with Crippen molar-refractivity contribution in [3.63, 3.8) is 0 Å². The summed E-state index contributed by atoms with van der Waals surface area (Å²) in [6.45, 7) is 6.11. The molecule has 7 heteroatoms. The number of hydrogen-bond donors (Lipinski definition) is 0.